The Balaban J connectivity index is 1.26. The van der Waals surface area contributed by atoms with Gasteiger partial charge in [0.2, 0.25) is 6.79 Å². The zero-order valence-electron chi connectivity index (χ0n) is 14.1. The third-order valence-electron chi connectivity index (χ3n) is 4.47. The third kappa shape index (κ3) is 3.30. The van der Waals surface area contributed by atoms with Gasteiger partial charge in [0.05, 0.1) is 6.26 Å². The Kier molecular flexibility index (Phi) is 4.39. The number of furan rings is 1. The molecule has 2 aliphatic heterocycles. The second-order valence-corrected chi connectivity index (χ2v) is 6.10. The van der Waals surface area contributed by atoms with E-state index in [1.165, 1.54) is 6.26 Å². The first-order chi connectivity index (χ1) is 12.7. The molecular formula is C18H19N3O5. The van der Waals surface area contributed by atoms with Crippen molar-refractivity contribution >= 4 is 11.9 Å². The third-order valence-corrected chi connectivity index (χ3v) is 4.47. The lowest BCUT2D eigenvalue weighted by molar-refractivity contribution is 0.0634. The van der Waals surface area contributed by atoms with Gasteiger partial charge in [0, 0.05) is 32.7 Å². The highest BCUT2D eigenvalue weighted by Crippen LogP contribution is 2.32. The molecule has 0 bridgehead atoms. The van der Waals surface area contributed by atoms with E-state index >= 15 is 0 Å². The molecule has 8 heteroatoms. The van der Waals surface area contributed by atoms with Crippen LogP contribution in [0.25, 0.3) is 0 Å². The number of carbonyl (C=O) groups excluding carboxylic acids is 2. The Morgan fingerprint density at radius 3 is 2.54 bits per heavy atom. The van der Waals surface area contributed by atoms with Crippen LogP contribution in [0.4, 0.5) is 4.79 Å². The van der Waals surface area contributed by atoms with E-state index in [0.29, 0.717) is 44.2 Å². The maximum atomic E-state index is 12.3. The molecule has 1 fully saturated rings. The smallest absolute Gasteiger partial charge is 0.317 e. The van der Waals surface area contributed by atoms with E-state index in [0.717, 1.165) is 11.3 Å². The molecule has 0 aliphatic carbocycles. The van der Waals surface area contributed by atoms with E-state index in [-0.39, 0.29) is 18.7 Å². The van der Waals surface area contributed by atoms with Gasteiger partial charge in [-0.2, -0.15) is 0 Å². The number of hydrogen-bond acceptors (Lipinski definition) is 5. The van der Waals surface area contributed by atoms with Gasteiger partial charge in [-0.3, -0.25) is 4.79 Å². The molecule has 3 heterocycles. The number of rotatable bonds is 3. The number of nitrogens with zero attached hydrogens (tertiary/aromatic N) is 2. The van der Waals surface area contributed by atoms with Crippen molar-refractivity contribution in [3.63, 3.8) is 0 Å². The molecule has 0 unspecified atom stereocenters. The SMILES string of the molecule is O=C(NCc1ccc2c(c1)OCO2)N1CCN(C(=O)c2ccco2)CC1. The van der Waals surface area contributed by atoms with Crippen LogP contribution in [0.5, 0.6) is 11.5 Å². The quantitative estimate of drug-likeness (QED) is 0.903. The number of benzene rings is 1. The van der Waals surface area contributed by atoms with Crippen LogP contribution < -0.4 is 14.8 Å². The van der Waals surface area contributed by atoms with Gasteiger partial charge >= 0.3 is 6.03 Å². The fourth-order valence-corrected chi connectivity index (χ4v) is 3.01. The Morgan fingerprint density at radius 1 is 1.00 bits per heavy atom. The number of hydrogen-bond donors (Lipinski definition) is 1. The van der Waals surface area contributed by atoms with E-state index < -0.39 is 0 Å². The first-order valence-electron chi connectivity index (χ1n) is 8.45. The van der Waals surface area contributed by atoms with Crippen LogP contribution in [-0.4, -0.2) is 54.7 Å². The molecule has 2 aliphatic rings. The van der Waals surface area contributed by atoms with Crippen LogP contribution in [0.1, 0.15) is 16.1 Å². The molecule has 1 saturated heterocycles. The number of amides is 3. The Morgan fingerprint density at radius 2 is 1.77 bits per heavy atom. The largest absolute Gasteiger partial charge is 0.459 e. The van der Waals surface area contributed by atoms with Crippen LogP contribution in [0.3, 0.4) is 0 Å². The van der Waals surface area contributed by atoms with Crippen molar-refractivity contribution in [1.82, 2.24) is 15.1 Å². The standard InChI is InChI=1S/C18H19N3O5/c22-17(15-2-1-9-24-15)20-5-7-21(8-6-20)18(23)19-11-13-3-4-14-16(10-13)26-12-25-14/h1-4,9-10H,5-8,11-12H2,(H,19,23). The molecule has 1 aromatic heterocycles. The van der Waals surface area contributed by atoms with Gasteiger partial charge in [-0.25, -0.2) is 4.79 Å². The van der Waals surface area contributed by atoms with Crippen molar-refractivity contribution in [3.05, 3.63) is 47.9 Å². The van der Waals surface area contributed by atoms with Gasteiger partial charge in [-0.15, -0.1) is 0 Å². The molecular weight excluding hydrogens is 338 g/mol. The van der Waals surface area contributed by atoms with E-state index in [9.17, 15) is 9.59 Å². The molecule has 4 rings (SSSR count). The molecule has 2 aromatic rings. The number of piperazine rings is 1. The fraction of sp³-hybridized carbons (Fsp3) is 0.333. The Labute approximate surface area is 150 Å². The van der Waals surface area contributed by atoms with Crippen LogP contribution >= 0.6 is 0 Å². The highest BCUT2D eigenvalue weighted by Gasteiger charge is 2.26. The molecule has 1 N–H and O–H groups in total. The second kappa shape index (κ2) is 6.99. The fourth-order valence-electron chi connectivity index (χ4n) is 3.01. The molecule has 26 heavy (non-hydrogen) atoms. The van der Waals surface area contributed by atoms with Crippen LogP contribution in [0.2, 0.25) is 0 Å². The maximum absolute atomic E-state index is 12.3. The van der Waals surface area contributed by atoms with Gasteiger partial charge in [0.15, 0.2) is 17.3 Å². The zero-order chi connectivity index (χ0) is 17.9. The van der Waals surface area contributed by atoms with Gasteiger partial charge < -0.3 is 29.0 Å². The lowest BCUT2D eigenvalue weighted by Crippen LogP contribution is -2.53. The highest BCUT2D eigenvalue weighted by atomic mass is 16.7. The number of carbonyl (C=O) groups is 2. The van der Waals surface area contributed by atoms with Gasteiger partial charge in [0.25, 0.3) is 5.91 Å². The minimum atomic E-state index is -0.146. The van der Waals surface area contributed by atoms with Gasteiger partial charge in [-0.05, 0) is 29.8 Å². The van der Waals surface area contributed by atoms with Crippen molar-refractivity contribution in [1.29, 1.82) is 0 Å². The Hall–Kier alpha value is -3.16. The molecule has 8 nitrogen and oxygen atoms in total. The second-order valence-electron chi connectivity index (χ2n) is 6.10. The summed E-state index contributed by atoms with van der Waals surface area (Å²) in [5.74, 6) is 1.60. The average Bonchev–Trinajstić information content (AvgIpc) is 3.37. The number of nitrogens with one attached hydrogen (secondary N) is 1. The summed E-state index contributed by atoms with van der Waals surface area (Å²) in [6, 6.07) is 8.78. The molecule has 0 radical (unpaired) electrons. The van der Waals surface area contributed by atoms with Crippen LogP contribution in [-0.2, 0) is 6.54 Å². The summed E-state index contributed by atoms with van der Waals surface area (Å²) >= 11 is 0. The lowest BCUT2D eigenvalue weighted by atomic mass is 10.2. The molecule has 136 valence electrons. The van der Waals surface area contributed by atoms with Crippen molar-refractivity contribution in [2.24, 2.45) is 0 Å². The predicted molar refractivity (Wildman–Crippen MR) is 91.0 cm³/mol. The van der Waals surface area contributed by atoms with Gasteiger partial charge in [-0.1, -0.05) is 6.07 Å². The zero-order valence-corrected chi connectivity index (χ0v) is 14.1. The summed E-state index contributed by atoms with van der Waals surface area (Å²) in [4.78, 5) is 28.0. The summed E-state index contributed by atoms with van der Waals surface area (Å²) in [6.07, 6.45) is 1.48. The molecule has 3 amide bonds. The minimum absolute atomic E-state index is 0.143. The summed E-state index contributed by atoms with van der Waals surface area (Å²) in [7, 11) is 0. The van der Waals surface area contributed by atoms with Crippen molar-refractivity contribution in [2.45, 2.75) is 6.54 Å². The van der Waals surface area contributed by atoms with Crippen LogP contribution in [0.15, 0.2) is 41.0 Å². The summed E-state index contributed by atoms with van der Waals surface area (Å²) in [6.45, 7) is 2.57. The summed E-state index contributed by atoms with van der Waals surface area (Å²) < 4.78 is 15.7. The molecule has 0 atom stereocenters. The molecule has 0 saturated carbocycles. The topological polar surface area (TPSA) is 84.3 Å². The van der Waals surface area contributed by atoms with E-state index in [4.69, 9.17) is 13.9 Å². The lowest BCUT2D eigenvalue weighted by Gasteiger charge is -2.34. The number of ether oxygens (including phenoxy) is 2. The first kappa shape index (κ1) is 16.3. The molecule has 1 aromatic carbocycles. The minimum Gasteiger partial charge on any atom is -0.459 e. The summed E-state index contributed by atoms with van der Waals surface area (Å²) in [5.41, 5.74) is 0.939. The average molecular weight is 357 g/mol. The number of fused-ring (bicyclic) bond motifs is 1. The Bertz CT molecular complexity index is 797. The van der Waals surface area contributed by atoms with E-state index in [1.807, 2.05) is 18.2 Å². The molecule has 0 spiro atoms. The first-order valence-corrected chi connectivity index (χ1v) is 8.45. The maximum Gasteiger partial charge on any atom is 0.317 e. The van der Waals surface area contributed by atoms with Crippen molar-refractivity contribution < 1.29 is 23.5 Å². The van der Waals surface area contributed by atoms with Crippen molar-refractivity contribution in [3.8, 4) is 11.5 Å². The monoisotopic (exact) mass is 357 g/mol. The summed E-state index contributed by atoms with van der Waals surface area (Å²) in [5, 5.41) is 2.90. The normalized spacial score (nSPS) is 15.8. The predicted octanol–water partition coefficient (Wildman–Crippen LogP) is 1.68. The van der Waals surface area contributed by atoms with E-state index in [2.05, 4.69) is 5.32 Å². The number of urea groups is 1. The van der Waals surface area contributed by atoms with Gasteiger partial charge in [0.1, 0.15) is 0 Å². The highest BCUT2D eigenvalue weighted by molar-refractivity contribution is 5.91. The van der Waals surface area contributed by atoms with Crippen LogP contribution in [0, 0.1) is 0 Å². The van der Waals surface area contributed by atoms with Crippen molar-refractivity contribution in [2.75, 3.05) is 33.0 Å². The van der Waals surface area contributed by atoms with E-state index in [1.54, 1.807) is 21.9 Å².